The van der Waals surface area contributed by atoms with E-state index < -0.39 is 0 Å². The number of rotatable bonds is 9. The van der Waals surface area contributed by atoms with E-state index in [1.54, 1.807) is 6.20 Å². The maximum Gasteiger partial charge on any atom is 0.263 e. The van der Waals surface area contributed by atoms with Crippen LogP contribution in [0.5, 0.6) is 0 Å². The van der Waals surface area contributed by atoms with Crippen molar-refractivity contribution in [1.82, 2.24) is 20.2 Å². The number of amides is 1. The second-order valence-corrected chi connectivity index (χ2v) is 10.1. The summed E-state index contributed by atoms with van der Waals surface area (Å²) >= 11 is 1.51. The number of para-hydroxylation sites is 1. The van der Waals surface area contributed by atoms with Crippen LogP contribution in [0, 0.1) is 5.92 Å². The fourth-order valence-corrected chi connectivity index (χ4v) is 5.22. The molecule has 4 rings (SSSR count). The lowest BCUT2D eigenvalue weighted by atomic mass is 9.97. The molecule has 0 aliphatic carbocycles. The first-order chi connectivity index (χ1) is 15.5. The van der Waals surface area contributed by atoms with Gasteiger partial charge in [-0.3, -0.25) is 4.79 Å². The molecule has 0 saturated carbocycles. The fourth-order valence-electron chi connectivity index (χ4n) is 4.35. The Balaban J connectivity index is 1.42. The minimum atomic E-state index is -0.00505. The van der Waals surface area contributed by atoms with Gasteiger partial charge in [-0.05, 0) is 43.4 Å². The zero-order chi connectivity index (χ0) is 22.5. The second-order valence-electron chi connectivity index (χ2n) is 9.13. The molecule has 0 radical (unpaired) electrons. The molecule has 1 amide bonds. The third-order valence-electron chi connectivity index (χ3n) is 6.38. The molecule has 3 heterocycles. The van der Waals surface area contributed by atoms with Gasteiger partial charge in [-0.2, -0.15) is 0 Å². The number of carbonyl (C=O) groups is 1. The molecule has 2 N–H and O–H groups in total. The summed E-state index contributed by atoms with van der Waals surface area (Å²) in [7, 11) is 0. The first kappa shape index (κ1) is 22.8. The molecule has 1 aliphatic heterocycles. The summed E-state index contributed by atoms with van der Waals surface area (Å²) in [5, 5.41) is 5.51. The number of piperazine rings is 1. The third-order valence-corrected chi connectivity index (χ3v) is 7.43. The molecular weight excluding hydrogens is 418 g/mol. The number of nitrogens with zero attached hydrogens (tertiary/aromatic N) is 3. The highest BCUT2D eigenvalue weighted by Gasteiger charge is 2.22. The molecule has 1 unspecified atom stereocenters. The monoisotopic (exact) mass is 453 g/mol. The van der Waals surface area contributed by atoms with E-state index >= 15 is 0 Å². The SMILES string of the molecule is CCN1CCN(c2ncc(C(=O)NC(CCC(C)C)Cc3c[nH]c4ccccc34)s2)CC1. The highest BCUT2D eigenvalue weighted by molar-refractivity contribution is 7.17. The molecule has 1 atom stereocenters. The standard InChI is InChI=1S/C25H35N5OS/c1-4-29-11-13-30(14-12-29)25-27-17-23(32-25)24(31)28-20(10-9-18(2)3)15-19-16-26-22-8-6-5-7-21(19)22/h5-8,16-18,20,26H,4,9-15H2,1-3H3,(H,28,31). The van der Waals surface area contributed by atoms with Crippen LogP contribution in [0.4, 0.5) is 5.13 Å². The van der Waals surface area contributed by atoms with Crippen LogP contribution < -0.4 is 10.2 Å². The van der Waals surface area contributed by atoms with Gasteiger partial charge in [-0.25, -0.2) is 4.98 Å². The maximum absolute atomic E-state index is 13.1. The van der Waals surface area contributed by atoms with Crippen LogP contribution in [0.3, 0.4) is 0 Å². The lowest BCUT2D eigenvalue weighted by molar-refractivity contribution is 0.0937. The van der Waals surface area contributed by atoms with E-state index in [1.807, 2.05) is 6.07 Å². The average molecular weight is 454 g/mol. The molecule has 1 aromatic carbocycles. The van der Waals surface area contributed by atoms with Crippen LogP contribution in [-0.2, 0) is 6.42 Å². The fraction of sp³-hybridized carbons (Fsp3) is 0.520. The Kier molecular flexibility index (Phi) is 7.48. The minimum Gasteiger partial charge on any atom is -0.361 e. The Morgan fingerprint density at radius 2 is 1.97 bits per heavy atom. The minimum absolute atomic E-state index is 0.00505. The van der Waals surface area contributed by atoms with Gasteiger partial charge >= 0.3 is 0 Å². The van der Waals surface area contributed by atoms with Crippen molar-refractivity contribution in [2.24, 2.45) is 5.92 Å². The summed E-state index contributed by atoms with van der Waals surface area (Å²) in [5.41, 5.74) is 2.40. The normalized spacial score (nSPS) is 16.1. The van der Waals surface area contributed by atoms with Crippen molar-refractivity contribution in [1.29, 1.82) is 0 Å². The van der Waals surface area contributed by atoms with Crippen LogP contribution in [-0.4, -0.2) is 59.5 Å². The number of hydrogen-bond donors (Lipinski definition) is 2. The summed E-state index contributed by atoms with van der Waals surface area (Å²) in [4.78, 5) is 26.5. The van der Waals surface area contributed by atoms with Gasteiger partial charge in [-0.1, -0.05) is 50.3 Å². The van der Waals surface area contributed by atoms with Crippen molar-refractivity contribution in [3.05, 3.63) is 47.1 Å². The van der Waals surface area contributed by atoms with Gasteiger partial charge in [0.15, 0.2) is 5.13 Å². The number of carbonyl (C=O) groups excluding carboxylic acids is 1. The molecule has 1 saturated heterocycles. The average Bonchev–Trinajstić information content (AvgIpc) is 3.45. The van der Waals surface area contributed by atoms with E-state index in [0.717, 1.165) is 62.6 Å². The number of benzene rings is 1. The second kappa shape index (κ2) is 10.5. The summed E-state index contributed by atoms with van der Waals surface area (Å²) < 4.78 is 0. The van der Waals surface area contributed by atoms with E-state index in [9.17, 15) is 4.79 Å². The Morgan fingerprint density at radius 3 is 2.72 bits per heavy atom. The molecule has 6 nitrogen and oxygen atoms in total. The smallest absolute Gasteiger partial charge is 0.263 e. The van der Waals surface area contributed by atoms with Gasteiger partial charge in [0.1, 0.15) is 4.88 Å². The molecule has 7 heteroatoms. The van der Waals surface area contributed by atoms with Crippen LogP contribution in [0.25, 0.3) is 10.9 Å². The molecule has 32 heavy (non-hydrogen) atoms. The van der Waals surface area contributed by atoms with Crippen molar-refractivity contribution < 1.29 is 4.79 Å². The van der Waals surface area contributed by atoms with Crippen LogP contribution in [0.15, 0.2) is 36.7 Å². The molecule has 3 aromatic rings. The number of hydrogen-bond acceptors (Lipinski definition) is 5. The van der Waals surface area contributed by atoms with Crippen LogP contribution in [0.1, 0.15) is 48.8 Å². The Hall–Kier alpha value is -2.38. The largest absolute Gasteiger partial charge is 0.361 e. The zero-order valence-corrected chi connectivity index (χ0v) is 20.3. The lowest BCUT2D eigenvalue weighted by Gasteiger charge is -2.33. The number of aromatic nitrogens is 2. The molecule has 1 fully saturated rings. The van der Waals surface area contributed by atoms with Gasteiger partial charge in [0.25, 0.3) is 5.91 Å². The maximum atomic E-state index is 13.1. The number of thiazole rings is 1. The highest BCUT2D eigenvalue weighted by Crippen LogP contribution is 2.25. The van der Waals surface area contributed by atoms with Crippen LogP contribution in [0.2, 0.25) is 0 Å². The lowest BCUT2D eigenvalue weighted by Crippen LogP contribution is -2.46. The third kappa shape index (κ3) is 5.51. The number of anilines is 1. The van der Waals surface area contributed by atoms with Gasteiger partial charge < -0.3 is 20.1 Å². The number of H-pyrrole nitrogens is 1. The molecular formula is C25H35N5OS. The van der Waals surface area contributed by atoms with Crippen LogP contribution >= 0.6 is 11.3 Å². The summed E-state index contributed by atoms with van der Waals surface area (Å²) in [5.74, 6) is 0.601. The Bertz CT molecular complexity index is 1020. The quantitative estimate of drug-likeness (QED) is 0.499. The van der Waals surface area contributed by atoms with Crippen molar-refractivity contribution in [2.75, 3.05) is 37.6 Å². The van der Waals surface area contributed by atoms with E-state index in [2.05, 4.69) is 70.3 Å². The van der Waals surface area contributed by atoms with Crippen molar-refractivity contribution >= 4 is 33.3 Å². The van der Waals surface area contributed by atoms with Gasteiger partial charge in [0, 0.05) is 49.3 Å². The topological polar surface area (TPSA) is 64.3 Å². The number of aromatic amines is 1. The summed E-state index contributed by atoms with van der Waals surface area (Å²) in [6, 6.07) is 8.46. The number of nitrogens with one attached hydrogen (secondary N) is 2. The molecule has 2 aromatic heterocycles. The highest BCUT2D eigenvalue weighted by atomic mass is 32.1. The first-order valence-corrected chi connectivity index (χ1v) is 12.6. The summed E-state index contributed by atoms with van der Waals surface area (Å²) in [6.45, 7) is 11.8. The van der Waals surface area contributed by atoms with Gasteiger partial charge in [0.05, 0.1) is 6.20 Å². The van der Waals surface area contributed by atoms with E-state index in [-0.39, 0.29) is 11.9 Å². The summed E-state index contributed by atoms with van der Waals surface area (Å²) in [6.07, 6.45) is 6.70. The van der Waals surface area contributed by atoms with Crippen molar-refractivity contribution in [2.45, 2.75) is 46.1 Å². The van der Waals surface area contributed by atoms with Crippen molar-refractivity contribution in [3.8, 4) is 0 Å². The van der Waals surface area contributed by atoms with Crippen molar-refractivity contribution in [3.63, 3.8) is 0 Å². The molecule has 172 valence electrons. The Morgan fingerprint density at radius 1 is 1.19 bits per heavy atom. The predicted molar refractivity (Wildman–Crippen MR) is 134 cm³/mol. The first-order valence-electron chi connectivity index (χ1n) is 11.8. The van der Waals surface area contributed by atoms with E-state index in [1.165, 1.54) is 22.3 Å². The molecule has 1 aliphatic rings. The molecule has 0 spiro atoms. The van der Waals surface area contributed by atoms with E-state index in [4.69, 9.17) is 0 Å². The Labute approximate surface area is 195 Å². The molecule has 0 bridgehead atoms. The van der Waals surface area contributed by atoms with Gasteiger partial charge in [-0.15, -0.1) is 0 Å². The van der Waals surface area contributed by atoms with Gasteiger partial charge in [0.2, 0.25) is 0 Å². The number of likely N-dealkylation sites (N-methyl/N-ethyl adjacent to an activating group) is 1. The zero-order valence-electron chi connectivity index (χ0n) is 19.4. The predicted octanol–water partition coefficient (Wildman–Crippen LogP) is 4.54. The van der Waals surface area contributed by atoms with E-state index in [0.29, 0.717) is 10.8 Å². The number of fused-ring (bicyclic) bond motifs is 1.